The van der Waals surface area contributed by atoms with Crippen molar-refractivity contribution in [1.82, 2.24) is 9.97 Å². The summed E-state index contributed by atoms with van der Waals surface area (Å²) in [4.78, 5) is 21.1. The van der Waals surface area contributed by atoms with Gasteiger partial charge in [-0.25, -0.2) is 9.78 Å². The van der Waals surface area contributed by atoms with Gasteiger partial charge in [0.1, 0.15) is 16.8 Å². The summed E-state index contributed by atoms with van der Waals surface area (Å²) in [5, 5.41) is 3.24. The molecule has 26 heavy (non-hydrogen) atoms. The molecule has 0 atom stereocenters. The Morgan fingerprint density at radius 3 is 2.50 bits per heavy atom. The number of carbonyl (C=O) groups excluding carboxylic acids is 1. The van der Waals surface area contributed by atoms with Gasteiger partial charge >= 0.3 is 5.97 Å². The van der Waals surface area contributed by atoms with Crippen LogP contribution >= 0.6 is 0 Å². The van der Waals surface area contributed by atoms with Crippen LogP contribution in [0.25, 0.3) is 11.0 Å². The maximum atomic E-state index is 12.4. The van der Waals surface area contributed by atoms with Crippen LogP contribution in [0.4, 0.5) is 11.4 Å². The van der Waals surface area contributed by atoms with Crippen molar-refractivity contribution in [3.05, 3.63) is 48.2 Å². The van der Waals surface area contributed by atoms with Crippen molar-refractivity contribution in [2.75, 3.05) is 26.1 Å². The second-order valence-corrected chi connectivity index (χ2v) is 5.34. The molecule has 0 fully saturated rings. The van der Waals surface area contributed by atoms with Gasteiger partial charge in [-0.15, -0.1) is 0 Å². The summed E-state index contributed by atoms with van der Waals surface area (Å²) in [5.41, 5.74) is 2.74. The molecule has 0 aliphatic heterocycles. The Morgan fingerprint density at radius 2 is 1.85 bits per heavy atom. The van der Waals surface area contributed by atoms with Gasteiger partial charge in [-0.3, -0.25) is 4.98 Å². The fourth-order valence-electron chi connectivity index (χ4n) is 2.47. The highest BCUT2D eigenvalue weighted by Gasteiger charge is 2.18. The summed E-state index contributed by atoms with van der Waals surface area (Å²) in [5.74, 6) is 0.696. The van der Waals surface area contributed by atoms with Gasteiger partial charge in [-0.1, -0.05) is 0 Å². The van der Waals surface area contributed by atoms with Crippen molar-refractivity contribution in [1.29, 1.82) is 0 Å². The Labute approximate surface area is 150 Å². The standard InChI is InChI=1S/C19H19N3O4/c1-4-26-19(23)14-11-20-15-9-10-16(25-3)22-18(15)17(14)21-12-5-7-13(24-2)8-6-12/h5-11H,4H2,1-3H3,(H,20,21). The number of anilines is 2. The number of esters is 1. The molecule has 134 valence electrons. The molecule has 0 bridgehead atoms. The van der Waals surface area contributed by atoms with Crippen LogP contribution in [0.3, 0.4) is 0 Å². The van der Waals surface area contributed by atoms with Crippen molar-refractivity contribution in [3.63, 3.8) is 0 Å². The van der Waals surface area contributed by atoms with Gasteiger partial charge in [-0.2, -0.15) is 0 Å². The lowest BCUT2D eigenvalue weighted by Gasteiger charge is -2.14. The molecule has 1 aromatic carbocycles. The third-order valence-electron chi connectivity index (χ3n) is 3.75. The lowest BCUT2D eigenvalue weighted by atomic mass is 10.1. The second kappa shape index (κ2) is 7.69. The molecular weight excluding hydrogens is 334 g/mol. The van der Waals surface area contributed by atoms with Crippen molar-refractivity contribution < 1.29 is 19.0 Å². The molecule has 0 amide bonds. The van der Waals surface area contributed by atoms with E-state index in [4.69, 9.17) is 14.2 Å². The normalized spacial score (nSPS) is 10.4. The fraction of sp³-hybridized carbons (Fsp3) is 0.211. The van der Waals surface area contributed by atoms with Crippen LogP contribution in [0.2, 0.25) is 0 Å². The zero-order chi connectivity index (χ0) is 18.5. The lowest BCUT2D eigenvalue weighted by molar-refractivity contribution is 0.0527. The largest absolute Gasteiger partial charge is 0.497 e. The van der Waals surface area contributed by atoms with Crippen molar-refractivity contribution in [2.45, 2.75) is 6.92 Å². The number of aromatic nitrogens is 2. The van der Waals surface area contributed by atoms with E-state index in [1.807, 2.05) is 24.3 Å². The third-order valence-corrected chi connectivity index (χ3v) is 3.75. The first-order chi connectivity index (χ1) is 12.7. The fourth-order valence-corrected chi connectivity index (χ4v) is 2.47. The number of methoxy groups -OCH3 is 2. The van der Waals surface area contributed by atoms with Crippen LogP contribution < -0.4 is 14.8 Å². The number of hydrogen-bond donors (Lipinski definition) is 1. The highest BCUT2D eigenvalue weighted by atomic mass is 16.5. The predicted molar refractivity (Wildman–Crippen MR) is 98.3 cm³/mol. The quantitative estimate of drug-likeness (QED) is 0.678. The lowest BCUT2D eigenvalue weighted by Crippen LogP contribution is -2.10. The summed E-state index contributed by atoms with van der Waals surface area (Å²) >= 11 is 0. The van der Waals surface area contributed by atoms with Crippen LogP contribution in [0, 0.1) is 0 Å². The molecule has 7 nitrogen and oxygen atoms in total. The van der Waals surface area contributed by atoms with Gasteiger partial charge in [0, 0.05) is 18.0 Å². The second-order valence-electron chi connectivity index (χ2n) is 5.34. The SMILES string of the molecule is CCOC(=O)c1cnc2ccc(OC)nc2c1Nc1ccc(OC)cc1. The predicted octanol–water partition coefficient (Wildman–Crippen LogP) is 3.57. The van der Waals surface area contributed by atoms with E-state index in [0.29, 0.717) is 28.2 Å². The van der Waals surface area contributed by atoms with Crippen LogP contribution in [0.5, 0.6) is 11.6 Å². The van der Waals surface area contributed by atoms with E-state index in [1.54, 1.807) is 26.2 Å². The Kier molecular flexibility index (Phi) is 5.17. The number of carbonyl (C=O) groups is 1. The van der Waals surface area contributed by atoms with Gasteiger partial charge in [0.25, 0.3) is 0 Å². The van der Waals surface area contributed by atoms with Crippen LogP contribution in [0.1, 0.15) is 17.3 Å². The number of pyridine rings is 2. The van der Waals surface area contributed by atoms with Crippen LogP contribution in [0.15, 0.2) is 42.6 Å². The average molecular weight is 353 g/mol. The van der Waals surface area contributed by atoms with E-state index >= 15 is 0 Å². The number of rotatable bonds is 6. The van der Waals surface area contributed by atoms with Crippen LogP contribution in [-0.2, 0) is 4.74 Å². The minimum absolute atomic E-state index is 0.268. The Balaban J connectivity index is 2.13. The number of nitrogens with one attached hydrogen (secondary N) is 1. The zero-order valence-electron chi connectivity index (χ0n) is 14.8. The Hall–Kier alpha value is -3.35. The van der Waals surface area contributed by atoms with Crippen molar-refractivity contribution in [3.8, 4) is 11.6 Å². The van der Waals surface area contributed by atoms with Gasteiger partial charge in [0.2, 0.25) is 5.88 Å². The van der Waals surface area contributed by atoms with E-state index in [2.05, 4.69) is 15.3 Å². The summed E-state index contributed by atoms with van der Waals surface area (Å²) in [7, 11) is 3.14. The van der Waals surface area contributed by atoms with E-state index in [9.17, 15) is 4.79 Å². The Morgan fingerprint density at radius 1 is 1.08 bits per heavy atom. The molecule has 0 aliphatic rings. The maximum Gasteiger partial charge on any atom is 0.341 e. The number of nitrogens with zero attached hydrogens (tertiary/aromatic N) is 2. The number of hydrogen-bond acceptors (Lipinski definition) is 7. The zero-order valence-corrected chi connectivity index (χ0v) is 14.8. The molecular formula is C19H19N3O4. The molecule has 7 heteroatoms. The molecule has 0 unspecified atom stereocenters. The first-order valence-electron chi connectivity index (χ1n) is 8.08. The number of fused-ring (bicyclic) bond motifs is 1. The molecule has 2 heterocycles. The first kappa shape index (κ1) is 17.5. The third kappa shape index (κ3) is 3.51. The molecule has 3 aromatic rings. The van der Waals surface area contributed by atoms with Gasteiger partial charge in [-0.05, 0) is 37.3 Å². The molecule has 0 radical (unpaired) electrons. The molecule has 0 aliphatic carbocycles. The number of ether oxygens (including phenoxy) is 3. The highest BCUT2D eigenvalue weighted by Crippen LogP contribution is 2.30. The summed E-state index contributed by atoms with van der Waals surface area (Å²) in [6, 6.07) is 10.8. The number of benzene rings is 1. The van der Waals surface area contributed by atoms with Crippen molar-refractivity contribution >= 4 is 28.4 Å². The van der Waals surface area contributed by atoms with Gasteiger partial charge < -0.3 is 19.5 Å². The molecule has 2 aromatic heterocycles. The van der Waals surface area contributed by atoms with E-state index in [1.165, 1.54) is 13.3 Å². The minimum Gasteiger partial charge on any atom is -0.497 e. The average Bonchev–Trinajstić information content (AvgIpc) is 2.68. The van der Waals surface area contributed by atoms with Gasteiger partial charge in [0.05, 0.1) is 32.0 Å². The van der Waals surface area contributed by atoms with E-state index in [0.717, 1.165) is 11.4 Å². The molecule has 1 N–H and O–H groups in total. The molecule has 0 saturated carbocycles. The van der Waals surface area contributed by atoms with E-state index in [-0.39, 0.29) is 6.61 Å². The van der Waals surface area contributed by atoms with Crippen LogP contribution in [-0.4, -0.2) is 36.8 Å². The monoisotopic (exact) mass is 353 g/mol. The highest BCUT2D eigenvalue weighted by molar-refractivity contribution is 6.04. The summed E-state index contributed by atoms with van der Waals surface area (Å²) in [6.07, 6.45) is 1.49. The maximum absolute atomic E-state index is 12.4. The molecule has 0 spiro atoms. The van der Waals surface area contributed by atoms with E-state index < -0.39 is 5.97 Å². The van der Waals surface area contributed by atoms with Gasteiger partial charge in [0.15, 0.2) is 0 Å². The Bertz CT molecular complexity index is 926. The summed E-state index contributed by atoms with van der Waals surface area (Å²) in [6.45, 7) is 2.02. The van der Waals surface area contributed by atoms with Crippen molar-refractivity contribution in [2.24, 2.45) is 0 Å². The molecule has 0 saturated heterocycles. The topological polar surface area (TPSA) is 82.6 Å². The minimum atomic E-state index is -0.470. The summed E-state index contributed by atoms with van der Waals surface area (Å²) < 4.78 is 15.5. The first-order valence-corrected chi connectivity index (χ1v) is 8.08. The molecule has 3 rings (SSSR count). The smallest absolute Gasteiger partial charge is 0.341 e.